The SMILES string of the molecule is O=c1cnn([C@@H]2O[C@H](CO)[C@@H](O)[C@@H]2F)c(=O)[nH]1. The number of aromatic nitrogens is 3. The second-order valence-corrected chi connectivity index (χ2v) is 3.57. The number of aliphatic hydroxyl groups is 2. The van der Waals surface area contributed by atoms with Crippen LogP contribution in [-0.4, -0.2) is 50.0 Å². The molecule has 2 rings (SSSR count). The van der Waals surface area contributed by atoms with Crippen molar-refractivity contribution in [3.8, 4) is 0 Å². The highest BCUT2D eigenvalue weighted by Crippen LogP contribution is 2.29. The summed E-state index contributed by atoms with van der Waals surface area (Å²) in [6, 6.07) is 0. The van der Waals surface area contributed by atoms with Crippen LogP contribution in [0.1, 0.15) is 6.23 Å². The molecule has 0 radical (unpaired) electrons. The lowest BCUT2D eigenvalue weighted by atomic mass is 10.1. The molecule has 2 heterocycles. The van der Waals surface area contributed by atoms with E-state index in [2.05, 4.69) is 5.10 Å². The lowest BCUT2D eigenvalue weighted by molar-refractivity contribution is -0.0548. The molecule has 94 valence electrons. The molecule has 0 spiro atoms. The third kappa shape index (κ3) is 1.99. The van der Waals surface area contributed by atoms with Gasteiger partial charge in [-0.15, -0.1) is 0 Å². The predicted molar refractivity (Wildman–Crippen MR) is 51.0 cm³/mol. The van der Waals surface area contributed by atoms with E-state index in [0.29, 0.717) is 4.68 Å². The molecule has 1 aromatic rings. The van der Waals surface area contributed by atoms with Crippen LogP contribution >= 0.6 is 0 Å². The van der Waals surface area contributed by atoms with Crippen molar-refractivity contribution in [1.29, 1.82) is 0 Å². The highest BCUT2D eigenvalue weighted by molar-refractivity contribution is 4.89. The Labute approximate surface area is 93.3 Å². The maximum atomic E-state index is 13.6. The highest BCUT2D eigenvalue weighted by atomic mass is 19.1. The van der Waals surface area contributed by atoms with E-state index in [9.17, 15) is 19.1 Å². The van der Waals surface area contributed by atoms with Crippen LogP contribution in [0.4, 0.5) is 4.39 Å². The van der Waals surface area contributed by atoms with Gasteiger partial charge in [0, 0.05) is 0 Å². The Bertz CT molecular complexity index is 514. The molecule has 1 aromatic heterocycles. The first-order valence-electron chi connectivity index (χ1n) is 4.81. The van der Waals surface area contributed by atoms with Crippen LogP contribution < -0.4 is 11.2 Å². The Morgan fingerprint density at radius 3 is 2.82 bits per heavy atom. The van der Waals surface area contributed by atoms with E-state index in [1.165, 1.54) is 0 Å². The molecular weight excluding hydrogens is 237 g/mol. The summed E-state index contributed by atoms with van der Waals surface area (Å²) < 4.78 is 19.1. The predicted octanol–water partition coefficient (Wildman–Crippen LogP) is -2.48. The van der Waals surface area contributed by atoms with Gasteiger partial charge in [0.25, 0.3) is 5.56 Å². The molecule has 1 aliphatic rings. The van der Waals surface area contributed by atoms with Gasteiger partial charge in [-0.2, -0.15) is 9.78 Å². The summed E-state index contributed by atoms with van der Waals surface area (Å²) in [6.07, 6.45) is -5.27. The fourth-order valence-electron chi connectivity index (χ4n) is 1.60. The maximum Gasteiger partial charge on any atom is 0.347 e. The van der Waals surface area contributed by atoms with Gasteiger partial charge in [-0.3, -0.25) is 9.78 Å². The van der Waals surface area contributed by atoms with Crippen molar-refractivity contribution in [2.45, 2.75) is 24.6 Å². The fraction of sp³-hybridized carbons (Fsp3) is 0.625. The standard InChI is InChI=1S/C8H10FN3O5/c9-5-6(15)3(2-13)17-7(5)12-8(16)11-4(14)1-10-12/h1,3,5-7,13,15H,2H2,(H,11,14,16)/t3-,5+,6-,7-/m1/s1. The normalized spacial score (nSPS) is 32.9. The zero-order valence-corrected chi connectivity index (χ0v) is 8.49. The first-order valence-corrected chi connectivity index (χ1v) is 4.81. The summed E-state index contributed by atoms with van der Waals surface area (Å²) in [5.41, 5.74) is -1.67. The van der Waals surface area contributed by atoms with Crippen molar-refractivity contribution in [1.82, 2.24) is 14.8 Å². The van der Waals surface area contributed by atoms with E-state index >= 15 is 0 Å². The number of H-pyrrole nitrogens is 1. The lowest BCUT2D eigenvalue weighted by Gasteiger charge is -2.13. The number of ether oxygens (including phenoxy) is 1. The largest absolute Gasteiger partial charge is 0.394 e. The van der Waals surface area contributed by atoms with Gasteiger partial charge in [0.1, 0.15) is 18.4 Å². The van der Waals surface area contributed by atoms with Gasteiger partial charge >= 0.3 is 5.69 Å². The molecule has 0 saturated carbocycles. The minimum atomic E-state index is -1.91. The molecule has 1 saturated heterocycles. The van der Waals surface area contributed by atoms with Crippen LogP contribution in [0, 0.1) is 0 Å². The molecule has 0 bridgehead atoms. The molecule has 0 unspecified atom stereocenters. The molecule has 4 atom stereocenters. The fourth-order valence-corrected chi connectivity index (χ4v) is 1.60. The van der Waals surface area contributed by atoms with Gasteiger partial charge < -0.3 is 14.9 Å². The van der Waals surface area contributed by atoms with Gasteiger partial charge in [-0.1, -0.05) is 0 Å². The molecule has 0 amide bonds. The Balaban J connectivity index is 2.35. The van der Waals surface area contributed by atoms with Crippen LogP contribution in [0.3, 0.4) is 0 Å². The van der Waals surface area contributed by atoms with Crippen molar-refractivity contribution in [3.05, 3.63) is 27.0 Å². The number of aromatic amines is 1. The number of halogens is 1. The van der Waals surface area contributed by atoms with Crippen molar-refractivity contribution >= 4 is 0 Å². The molecule has 0 aliphatic carbocycles. The van der Waals surface area contributed by atoms with Gasteiger partial charge in [-0.05, 0) is 0 Å². The summed E-state index contributed by atoms with van der Waals surface area (Å²) >= 11 is 0. The first kappa shape index (κ1) is 11.9. The minimum absolute atomic E-state index is 0.574. The van der Waals surface area contributed by atoms with Gasteiger partial charge in [0.05, 0.1) is 6.61 Å². The van der Waals surface area contributed by atoms with E-state index in [-0.39, 0.29) is 0 Å². The molecule has 8 nitrogen and oxygen atoms in total. The smallest absolute Gasteiger partial charge is 0.347 e. The van der Waals surface area contributed by atoms with Crippen molar-refractivity contribution in [3.63, 3.8) is 0 Å². The monoisotopic (exact) mass is 247 g/mol. The van der Waals surface area contributed by atoms with Gasteiger partial charge in [-0.25, -0.2) is 9.18 Å². The molecule has 17 heavy (non-hydrogen) atoms. The Kier molecular flexibility index (Phi) is 3.05. The van der Waals surface area contributed by atoms with Crippen molar-refractivity contribution in [2.24, 2.45) is 0 Å². The molecule has 1 fully saturated rings. The van der Waals surface area contributed by atoms with Crippen LogP contribution in [0.15, 0.2) is 15.8 Å². The average molecular weight is 247 g/mol. The van der Waals surface area contributed by atoms with E-state index in [0.717, 1.165) is 6.20 Å². The number of alkyl halides is 1. The number of aliphatic hydroxyl groups excluding tert-OH is 2. The first-order chi connectivity index (χ1) is 8.04. The number of nitrogens with one attached hydrogen (secondary N) is 1. The summed E-state index contributed by atoms with van der Waals surface area (Å²) in [6.45, 7) is -0.587. The zero-order chi connectivity index (χ0) is 12.6. The quantitative estimate of drug-likeness (QED) is 0.532. The maximum absolute atomic E-state index is 13.6. The molecule has 3 N–H and O–H groups in total. The van der Waals surface area contributed by atoms with Gasteiger partial charge in [0.2, 0.25) is 0 Å². The molecule has 0 aromatic carbocycles. The van der Waals surface area contributed by atoms with Gasteiger partial charge in [0.15, 0.2) is 12.4 Å². The molecular formula is C8H10FN3O5. The van der Waals surface area contributed by atoms with Crippen LogP contribution in [0.2, 0.25) is 0 Å². The number of hydrogen-bond acceptors (Lipinski definition) is 6. The lowest BCUT2D eigenvalue weighted by Crippen LogP contribution is -2.37. The minimum Gasteiger partial charge on any atom is -0.394 e. The molecule has 9 heteroatoms. The second kappa shape index (κ2) is 4.35. The van der Waals surface area contributed by atoms with E-state index < -0.39 is 42.5 Å². The second-order valence-electron chi connectivity index (χ2n) is 3.57. The Hall–Kier alpha value is -1.58. The summed E-state index contributed by atoms with van der Waals surface area (Å²) in [4.78, 5) is 24.0. The van der Waals surface area contributed by atoms with E-state index in [1.807, 2.05) is 4.98 Å². The number of rotatable bonds is 2. The Morgan fingerprint density at radius 2 is 2.29 bits per heavy atom. The third-order valence-electron chi connectivity index (χ3n) is 2.45. The van der Waals surface area contributed by atoms with Crippen LogP contribution in [-0.2, 0) is 4.74 Å². The van der Waals surface area contributed by atoms with Crippen molar-refractivity contribution < 1.29 is 19.3 Å². The topological polar surface area (TPSA) is 117 Å². The average Bonchev–Trinajstić information content (AvgIpc) is 2.57. The molecule has 1 aliphatic heterocycles. The number of hydrogen-bond donors (Lipinski definition) is 3. The van der Waals surface area contributed by atoms with Crippen LogP contribution in [0.5, 0.6) is 0 Å². The third-order valence-corrected chi connectivity index (χ3v) is 2.45. The van der Waals surface area contributed by atoms with E-state index in [4.69, 9.17) is 9.84 Å². The number of nitrogens with zero attached hydrogens (tertiary/aromatic N) is 2. The van der Waals surface area contributed by atoms with Crippen LogP contribution in [0.25, 0.3) is 0 Å². The summed E-state index contributed by atoms with van der Waals surface area (Å²) in [5, 5.41) is 21.6. The highest BCUT2D eigenvalue weighted by Gasteiger charge is 2.45. The van der Waals surface area contributed by atoms with E-state index in [1.54, 1.807) is 0 Å². The summed E-state index contributed by atoms with van der Waals surface area (Å²) in [5.74, 6) is 0. The Morgan fingerprint density at radius 1 is 1.59 bits per heavy atom. The van der Waals surface area contributed by atoms with Crippen molar-refractivity contribution in [2.75, 3.05) is 6.61 Å². The zero-order valence-electron chi connectivity index (χ0n) is 8.49. The summed E-state index contributed by atoms with van der Waals surface area (Å²) in [7, 11) is 0.